The van der Waals surface area contributed by atoms with Gasteiger partial charge in [0, 0.05) is 24.4 Å². The molecular weight excluding hydrogens is 356 g/mol. The van der Waals surface area contributed by atoms with E-state index in [0.717, 1.165) is 0 Å². The average molecular weight is 378 g/mol. The Morgan fingerprint density at radius 1 is 0.929 bits per heavy atom. The summed E-state index contributed by atoms with van der Waals surface area (Å²) in [6.07, 6.45) is 0. The Bertz CT molecular complexity index is 1060. The summed E-state index contributed by atoms with van der Waals surface area (Å²) < 4.78 is 1.23. The maximum Gasteiger partial charge on any atom is 0.279 e. The van der Waals surface area contributed by atoms with Gasteiger partial charge in [-0.25, -0.2) is 0 Å². The third-order valence-corrected chi connectivity index (χ3v) is 4.25. The number of hydrogen-bond acceptors (Lipinski definition) is 4. The molecule has 0 fully saturated rings. The fourth-order valence-corrected chi connectivity index (χ4v) is 2.75. The smallest absolute Gasteiger partial charge is 0.279 e. The van der Waals surface area contributed by atoms with E-state index in [1.165, 1.54) is 4.68 Å². The molecule has 0 saturated carbocycles. The summed E-state index contributed by atoms with van der Waals surface area (Å²) in [5.41, 5.74) is 0.452. The van der Waals surface area contributed by atoms with Gasteiger partial charge in [-0.1, -0.05) is 50.2 Å². The molecule has 2 amide bonds. The van der Waals surface area contributed by atoms with Crippen molar-refractivity contribution < 1.29 is 9.59 Å². The predicted molar refractivity (Wildman–Crippen MR) is 108 cm³/mol. The molecule has 0 spiro atoms. The normalized spacial score (nSPS) is 10.8. The van der Waals surface area contributed by atoms with Gasteiger partial charge >= 0.3 is 0 Å². The van der Waals surface area contributed by atoms with Crippen LogP contribution in [0.15, 0.2) is 59.4 Å². The van der Waals surface area contributed by atoms with Crippen LogP contribution in [0.25, 0.3) is 16.5 Å². The van der Waals surface area contributed by atoms with Gasteiger partial charge in [-0.2, -0.15) is 9.78 Å². The van der Waals surface area contributed by atoms with E-state index in [9.17, 15) is 14.4 Å². The first-order chi connectivity index (χ1) is 13.5. The van der Waals surface area contributed by atoms with Crippen molar-refractivity contribution in [2.45, 2.75) is 13.8 Å². The number of aromatic nitrogens is 2. The minimum absolute atomic E-state index is 0.0737. The molecule has 0 aliphatic heterocycles. The molecule has 0 atom stereocenters. The van der Waals surface area contributed by atoms with Crippen molar-refractivity contribution in [2.24, 2.45) is 5.92 Å². The number of amides is 2. The molecule has 2 N–H and O–H groups in total. The molecule has 7 nitrogen and oxygen atoms in total. The van der Waals surface area contributed by atoms with Crippen LogP contribution in [0.5, 0.6) is 0 Å². The molecule has 1 aromatic heterocycles. The second-order valence-corrected chi connectivity index (χ2v) is 6.65. The topological polar surface area (TPSA) is 93.1 Å². The van der Waals surface area contributed by atoms with Crippen LogP contribution in [-0.2, 0) is 4.79 Å². The van der Waals surface area contributed by atoms with Crippen molar-refractivity contribution in [2.75, 3.05) is 13.1 Å². The number of carbonyl (C=O) groups is 2. The summed E-state index contributed by atoms with van der Waals surface area (Å²) in [6.45, 7) is 4.18. The Hall–Kier alpha value is -3.48. The second kappa shape index (κ2) is 8.47. The van der Waals surface area contributed by atoms with Gasteiger partial charge in [-0.05, 0) is 18.2 Å². The summed E-state index contributed by atoms with van der Waals surface area (Å²) in [4.78, 5) is 37.2. The number of nitrogens with one attached hydrogen (secondary N) is 2. The van der Waals surface area contributed by atoms with Crippen LogP contribution in [0.3, 0.4) is 0 Å². The number of para-hydroxylation sites is 1. The molecule has 3 aromatic rings. The first kappa shape index (κ1) is 19.3. The van der Waals surface area contributed by atoms with Crippen LogP contribution in [0.2, 0.25) is 0 Å². The lowest BCUT2D eigenvalue weighted by atomic mass is 10.1. The molecule has 144 valence electrons. The lowest BCUT2D eigenvalue weighted by molar-refractivity contribution is -0.123. The SMILES string of the molecule is CC(C)C(=O)NCCNC(=O)c1nn(-c2ccccc2)c(=O)c2ccccc12. The molecule has 28 heavy (non-hydrogen) atoms. The summed E-state index contributed by atoms with van der Waals surface area (Å²) >= 11 is 0. The number of fused-ring (bicyclic) bond motifs is 1. The van der Waals surface area contributed by atoms with E-state index in [1.807, 2.05) is 6.07 Å². The minimum Gasteiger partial charge on any atom is -0.354 e. The highest BCUT2D eigenvalue weighted by Crippen LogP contribution is 2.15. The standard InChI is InChI=1S/C21H22N4O3/c1-14(2)19(26)22-12-13-23-20(27)18-16-10-6-7-11-17(16)21(28)25(24-18)15-8-4-3-5-9-15/h3-11,14H,12-13H2,1-2H3,(H,22,26)(H,23,27). The molecule has 0 aliphatic carbocycles. The van der Waals surface area contributed by atoms with E-state index in [1.54, 1.807) is 62.4 Å². The summed E-state index contributed by atoms with van der Waals surface area (Å²) in [7, 11) is 0. The maximum absolute atomic E-state index is 12.8. The quantitative estimate of drug-likeness (QED) is 0.641. The van der Waals surface area contributed by atoms with E-state index in [4.69, 9.17) is 0 Å². The molecule has 7 heteroatoms. The largest absolute Gasteiger partial charge is 0.354 e. The minimum atomic E-state index is -0.403. The number of hydrogen-bond donors (Lipinski definition) is 2. The molecule has 0 bridgehead atoms. The zero-order valence-corrected chi connectivity index (χ0v) is 15.8. The van der Waals surface area contributed by atoms with Gasteiger partial charge in [-0.3, -0.25) is 14.4 Å². The van der Waals surface area contributed by atoms with Crippen LogP contribution < -0.4 is 16.2 Å². The highest BCUT2D eigenvalue weighted by molar-refractivity contribution is 6.04. The van der Waals surface area contributed by atoms with Crippen molar-refractivity contribution in [3.05, 3.63) is 70.6 Å². The lowest BCUT2D eigenvalue weighted by Crippen LogP contribution is -2.37. The third kappa shape index (κ3) is 4.09. The number of rotatable bonds is 6. The van der Waals surface area contributed by atoms with E-state index < -0.39 is 5.91 Å². The number of nitrogens with zero attached hydrogens (tertiary/aromatic N) is 2. The van der Waals surface area contributed by atoms with Gasteiger partial charge in [0.2, 0.25) is 5.91 Å². The van der Waals surface area contributed by atoms with E-state index in [2.05, 4.69) is 15.7 Å². The highest BCUT2D eigenvalue weighted by atomic mass is 16.2. The van der Waals surface area contributed by atoms with Crippen LogP contribution in [0.1, 0.15) is 24.3 Å². The van der Waals surface area contributed by atoms with Crippen LogP contribution in [-0.4, -0.2) is 34.7 Å². The molecule has 0 radical (unpaired) electrons. The molecule has 0 saturated heterocycles. The van der Waals surface area contributed by atoms with Crippen molar-refractivity contribution in [1.82, 2.24) is 20.4 Å². The monoisotopic (exact) mass is 378 g/mol. The summed E-state index contributed by atoms with van der Waals surface area (Å²) in [5, 5.41) is 10.7. The van der Waals surface area contributed by atoms with Crippen LogP contribution in [0, 0.1) is 5.92 Å². The van der Waals surface area contributed by atoms with E-state index >= 15 is 0 Å². The van der Waals surface area contributed by atoms with Gasteiger partial charge in [-0.15, -0.1) is 0 Å². The van der Waals surface area contributed by atoms with Crippen LogP contribution >= 0.6 is 0 Å². The Morgan fingerprint density at radius 3 is 2.21 bits per heavy atom. The van der Waals surface area contributed by atoms with Gasteiger partial charge in [0.05, 0.1) is 11.1 Å². The molecule has 1 heterocycles. The zero-order chi connectivity index (χ0) is 20.1. The summed E-state index contributed by atoms with van der Waals surface area (Å²) in [6, 6.07) is 15.9. The first-order valence-electron chi connectivity index (χ1n) is 9.12. The molecule has 0 unspecified atom stereocenters. The molecule has 0 aliphatic rings. The Morgan fingerprint density at radius 2 is 1.54 bits per heavy atom. The van der Waals surface area contributed by atoms with Crippen molar-refractivity contribution in [1.29, 1.82) is 0 Å². The summed E-state index contributed by atoms with van der Waals surface area (Å²) in [5.74, 6) is -0.592. The van der Waals surface area contributed by atoms with Crippen molar-refractivity contribution >= 4 is 22.6 Å². The molecular formula is C21H22N4O3. The zero-order valence-electron chi connectivity index (χ0n) is 15.8. The second-order valence-electron chi connectivity index (χ2n) is 6.65. The Kier molecular flexibility index (Phi) is 5.84. The Balaban J connectivity index is 1.90. The fourth-order valence-electron chi connectivity index (χ4n) is 2.75. The van der Waals surface area contributed by atoms with Gasteiger partial charge in [0.15, 0.2) is 5.69 Å². The van der Waals surface area contributed by atoms with Crippen molar-refractivity contribution in [3.8, 4) is 5.69 Å². The maximum atomic E-state index is 12.8. The number of benzene rings is 2. The number of carbonyl (C=O) groups excluding carboxylic acids is 2. The molecule has 3 rings (SSSR count). The van der Waals surface area contributed by atoms with Crippen LogP contribution in [0.4, 0.5) is 0 Å². The van der Waals surface area contributed by atoms with E-state index in [0.29, 0.717) is 23.0 Å². The average Bonchev–Trinajstić information content (AvgIpc) is 2.72. The van der Waals surface area contributed by atoms with Crippen molar-refractivity contribution in [3.63, 3.8) is 0 Å². The van der Waals surface area contributed by atoms with Gasteiger partial charge < -0.3 is 10.6 Å². The highest BCUT2D eigenvalue weighted by Gasteiger charge is 2.17. The van der Waals surface area contributed by atoms with Gasteiger partial charge in [0.1, 0.15) is 0 Å². The van der Waals surface area contributed by atoms with E-state index in [-0.39, 0.29) is 29.6 Å². The Labute approximate surface area is 162 Å². The van der Waals surface area contributed by atoms with Gasteiger partial charge in [0.25, 0.3) is 11.5 Å². The molecule has 2 aromatic carbocycles. The predicted octanol–water partition coefficient (Wildman–Crippen LogP) is 1.89. The lowest BCUT2D eigenvalue weighted by Gasteiger charge is -2.12. The first-order valence-corrected chi connectivity index (χ1v) is 9.12. The fraction of sp³-hybridized carbons (Fsp3) is 0.238. The third-order valence-electron chi connectivity index (χ3n) is 4.25.